The molecule has 142 valence electrons. The third-order valence-corrected chi connectivity index (χ3v) is 5.46. The first-order chi connectivity index (χ1) is 12.7. The lowest BCUT2D eigenvalue weighted by molar-refractivity contribution is 0.0735. The molecular weight excluding hydrogens is 391 g/mol. The maximum Gasteiger partial charge on any atom is 0.347 e. The highest BCUT2D eigenvalue weighted by Crippen LogP contribution is 2.53. The Morgan fingerprint density at radius 2 is 1.81 bits per heavy atom. The molecule has 2 aromatic rings. The van der Waals surface area contributed by atoms with Gasteiger partial charge < -0.3 is 19.3 Å². The number of phenolic OH excluding ortho intramolecular Hbond substituents is 1. The second-order valence-electron chi connectivity index (χ2n) is 6.18. The van der Waals surface area contributed by atoms with Crippen LogP contribution in [0.5, 0.6) is 28.7 Å². The number of benzene rings is 2. The van der Waals surface area contributed by atoms with Crippen molar-refractivity contribution in [3.63, 3.8) is 0 Å². The molecule has 0 atom stereocenters. The molecule has 0 aromatic heterocycles. The van der Waals surface area contributed by atoms with Crippen LogP contribution in [0.2, 0.25) is 10.0 Å². The van der Waals surface area contributed by atoms with Gasteiger partial charge in [-0.05, 0) is 38.8 Å². The Morgan fingerprint density at radius 3 is 2.41 bits per heavy atom. The summed E-state index contributed by atoms with van der Waals surface area (Å²) in [5.41, 5.74) is 2.39. The molecule has 5 nitrogen and oxygen atoms in total. The van der Waals surface area contributed by atoms with Crippen LogP contribution in [0, 0.1) is 13.8 Å². The molecule has 1 aliphatic heterocycles. The third kappa shape index (κ3) is 2.91. The minimum atomic E-state index is -0.639. The number of aromatic hydroxyl groups is 1. The van der Waals surface area contributed by atoms with Gasteiger partial charge in [0.25, 0.3) is 0 Å². The van der Waals surface area contributed by atoms with Crippen LogP contribution in [-0.2, 0) is 0 Å². The second kappa shape index (κ2) is 6.98. The van der Waals surface area contributed by atoms with Gasteiger partial charge in [0.05, 0.1) is 17.2 Å². The molecule has 1 aliphatic rings. The van der Waals surface area contributed by atoms with Gasteiger partial charge in [0.15, 0.2) is 11.5 Å². The van der Waals surface area contributed by atoms with Crippen molar-refractivity contribution < 1.29 is 24.1 Å². The van der Waals surface area contributed by atoms with Crippen molar-refractivity contribution in [3.8, 4) is 28.7 Å². The standard InChI is InChI=1S/C20H18Cl2O5/c1-6-8(2)13-16(22)17(25-5)10(4)18-19(13)26-12-7-11(23)15(21)9(3)14(12)20(24)27-18/h6-7,23H,1-5H3. The van der Waals surface area contributed by atoms with Gasteiger partial charge in [-0.3, -0.25) is 0 Å². The van der Waals surface area contributed by atoms with Crippen LogP contribution in [0.3, 0.4) is 0 Å². The number of allylic oxidation sites excluding steroid dienone is 2. The van der Waals surface area contributed by atoms with Gasteiger partial charge in [0.2, 0.25) is 0 Å². The number of ether oxygens (including phenoxy) is 3. The number of carbonyl (C=O) groups excluding carboxylic acids is 1. The summed E-state index contributed by atoms with van der Waals surface area (Å²) >= 11 is 12.7. The van der Waals surface area contributed by atoms with E-state index in [2.05, 4.69) is 0 Å². The lowest BCUT2D eigenvalue weighted by atomic mass is 10.0. The first-order valence-corrected chi connectivity index (χ1v) is 8.93. The maximum atomic E-state index is 12.8. The molecule has 7 heteroatoms. The Bertz CT molecular complexity index is 1010. The molecule has 3 rings (SSSR count). The van der Waals surface area contributed by atoms with Gasteiger partial charge >= 0.3 is 5.97 Å². The fourth-order valence-corrected chi connectivity index (χ4v) is 3.66. The summed E-state index contributed by atoms with van der Waals surface area (Å²) in [7, 11) is 1.49. The molecule has 0 radical (unpaired) electrons. The first-order valence-electron chi connectivity index (χ1n) is 8.18. The van der Waals surface area contributed by atoms with E-state index in [9.17, 15) is 9.90 Å². The Kier molecular flexibility index (Phi) is 5.02. The van der Waals surface area contributed by atoms with Gasteiger partial charge in [-0.25, -0.2) is 4.79 Å². The van der Waals surface area contributed by atoms with Gasteiger partial charge in [-0.15, -0.1) is 0 Å². The molecule has 0 amide bonds. The van der Waals surface area contributed by atoms with Crippen molar-refractivity contribution in [1.29, 1.82) is 0 Å². The van der Waals surface area contributed by atoms with Crippen molar-refractivity contribution in [1.82, 2.24) is 0 Å². The normalized spacial score (nSPS) is 13.3. The van der Waals surface area contributed by atoms with Gasteiger partial charge in [0.1, 0.15) is 22.8 Å². The van der Waals surface area contributed by atoms with Crippen LogP contribution in [0.15, 0.2) is 12.1 Å². The molecule has 27 heavy (non-hydrogen) atoms. The van der Waals surface area contributed by atoms with E-state index in [0.717, 1.165) is 5.57 Å². The van der Waals surface area contributed by atoms with Crippen molar-refractivity contribution in [2.45, 2.75) is 27.7 Å². The minimum Gasteiger partial charge on any atom is -0.506 e. The zero-order chi connectivity index (χ0) is 20.0. The minimum absolute atomic E-state index is 0.0671. The number of carbonyl (C=O) groups is 1. The van der Waals surface area contributed by atoms with Crippen molar-refractivity contribution >= 4 is 34.7 Å². The number of rotatable bonds is 2. The predicted molar refractivity (Wildman–Crippen MR) is 105 cm³/mol. The molecule has 0 fully saturated rings. The number of methoxy groups -OCH3 is 1. The van der Waals surface area contributed by atoms with Gasteiger partial charge in [-0.2, -0.15) is 0 Å². The smallest absolute Gasteiger partial charge is 0.347 e. The van der Waals surface area contributed by atoms with Crippen molar-refractivity contribution in [3.05, 3.63) is 44.4 Å². The summed E-state index contributed by atoms with van der Waals surface area (Å²) < 4.78 is 17.1. The summed E-state index contributed by atoms with van der Waals surface area (Å²) in [6.07, 6.45) is 1.86. The third-order valence-electron chi connectivity index (χ3n) is 4.62. The van der Waals surface area contributed by atoms with Crippen LogP contribution in [0.4, 0.5) is 0 Å². The Labute approximate surface area is 167 Å². The van der Waals surface area contributed by atoms with Crippen molar-refractivity contribution in [2.75, 3.05) is 7.11 Å². The van der Waals surface area contributed by atoms with E-state index in [0.29, 0.717) is 27.5 Å². The number of fused-ring (bicyclic) bond motifs is 2. The lowest BCUT2D eigenvalue weighted by Gasteiger charge is -2.19. The lowest BCUT2D eigenvalue weighted by Crippen LogP contribution is -2.10. The van der Waals surface area contributed by atoms with E-state index in [1.165, 1.54) is 13.2 Å². The fraction of sp³-hybridized carbons (Fsp3) is 0.250. The number of hydrogen-bond acceptors (Lipinski definition) is 5. The maximum absolute atomic E-state index is 12.8. The molecule has 2 aromatic carbocycles. The molecule has 1 N–H and O–H groups in total. The van der Waals surface area contributed by atoms with Gasteiger partial charge in [0, 0.05) is 17.2 Å². The summed E-state index contributed by atoms with van der Waals surface area (Å²) in [4.78, 5) is 12.8. The van der Waals surface area contributed by atoms with E-state index in [-0.39, 0.29) is 33.6 Å². The Hall–Kier alpha value is -2.37. The van der Waals surface area contributed by atoms with Crippen LogP contribution >= 0.6 is 23.2 Å². The fourth-order valence-electron chi connectivity index (χ4n) is 3.06. The van der Waals surface area contributed by atoms with E-state index in [1.54, 1.807) is 13.8 Å². The number of esters is 1. The first kappa shape index (κ1) is 19.4. The van der Waals surface area contributed by atoms with Gasteiger partial charge in [-0.1, -0.05) is 29.3 Å². The number of halogens is 2. The quantitative estimate of drug-likeness (QED) is 0.482. The average Bonchev–Trinajstić information content (AvgIpc) is 2.76. The molecule has 0 spiro atoms. The summed E-state index contributed by atoms with van der Waals surface area (Å²) in [5.74, 6) is 0.200. The number of phenols is 1. The predicted octanol–water partition coefficient (Wildman–Crippen LogP) is 6.07. The highest BCUT2D eigenvalue weighted by Gasteiger charge is 2.33. The van der Waals surface area contributed by atoms with Crippen LogP contribution in [0.25, 0.3) is 5.57 Å². The molecule has 0 bridgehead atoms. The van der Waals surface area contributed by atoms with Crippen LogP contribution in [-0.4, -0.2) is 18.2 Å². The summed E-state index contributed by atoms with van der Waals surface area (Å²) in [5, 5.41) is 10.5. The highest BCUT2D eigenvalue weighted by atomic mass is 35.5. The average molecular weight is 409 g/mol. The Balaban J connectivity index is 2.41. The summed E-state index contributed by atoms with van der Waals surface area (Å²) in [6, 6.07) is 1.29. The van der Waals surface area contributed by atoms with E-state index in [4.69, 9.17) is 37.4 Å². The van der Waals surface area contributed by atoms with E-state index in [1.807, 2.05) is 19.9 Å². The SMILES string of the molecule is CC=C(C)c1c(Cl)c(OC)c(C)c2c1Oc1cc(O)c(Cl)c(C)c1C(=O)O2. The molecule has 0 unspecified atom stereocenters. The second-order valence-corrected chi connectivity index (χ2v) is 6.93. The molecule has 1 heterocycles. The van der Waals surface area contributed by atoms with Crippen molar-refractivity contribution in [2.24, 2.45) is 0 Å². The van der Waals surface area contributed by atoms with E-state index >= 15 is 0 Å². The topological polar surface area (TPSA) is 65.0 Å². The zero-order valence-electron chi connectivity index (χ0n) is 15.5. The molecule has 0 saturated carbocycles. The Morgan fingerprint density at radius 1 is 1.15 bits per heavy atom. The molecular formula is C20H18Cl2O5. The number of hydrogen-bond donors (Lipinski definition) is 1. The summed E-state index contributed by atoms with van der Waals surface area (Å²) in [6.45, 7) is 7.05. The highest BCUT2D eigenvalue weighted by molar-refractivity contribution is 6.34. The largest absolute Gasteiger partial charge is 0.506 e. The van der Waals surface area contributed by atoms with Crippen LogP contribution in [0.1, 0.15) is 40.9 Å². The monoisotopic (exact) mass is 408 g/mol. The molecule has 0 aliphatic carbocycles. The zero-order valence-corrected chi connectivity index (χ0v) is 17.0. The molecule has 0 saturated heterocycles. The van der Waals surface area contributed by atoms with E-state index < -0.39 is 5.97 Å². The van der Waals surface area contributed by atoms with Crippen LogP contribution < -0.4 is 14.2 Å².